The molecule has 2 aromatic rings. The van der Waals surface area contributed by atoms with Crippen LogP contribution in [0.25, 0.3) is 0 Å². The van der Waals surface area contributed by atoms with Crippen LogP contribution in [0.1, 0.15) is 5.56 Å². The zero-order valence-corrected chi connectivity index (χ0v) is 11.6. The van der Waals surface area contributed by atoms with Gasteiger partial charge in [0.05, 0.1) is 0 Å². The number of rotatable bonds is 5. The lowest BCUT2D eigenvalue weighted by Gasteiger charge is -2.11. The number of nitrogens with two attached hydrogens (primary N) is 1. The van der Waals surface area contributed by atoms with Gasteiger partial charge in [-0.25, -0.2) is 0 Å². The van der Waals surface area contributed by atoms with Crippen LogP contribution >= 0.6 is 11.6 Å². The number of para-hydroxylation sites is 1. The van der Waals surface area contributed by atoms with Crippen LogP contribution in [-0.4, -0.2) is 12.5 Å². The number of halogens is 1. The highest BCUT2D eigenvalue weighted by atomic mass is 35.5. The SMILES string of the molecule is NCc1c(Cl)cccc1OCC(=O)Nc1ccccc1. The van der Waals surface area contributed by atoms with Crippen molar-refractivity contribution in [3.63, 3.8) is 0 Å². The van der Waals surface area contributed by atoms with Gasteiger partial charge in [-0.15, -0.1) is 0 Å². The summed E-state index contributed by atoms with van der Waals surface area (Å²) >= 11 is 6.01. The molecule has 0 saturated heterocycles. The number of ether oxygens (including phenoxy) is 1. The van der Waals surface area contributed by atoms with E-state index < -0.39 is 0 Å². The highest BCUT2D eigenvalue weighted by molar-refractivity contribution is 6.31. The van der Waals surface area contributed by atoms with Crippen LogP contribution in [-0.2, 0) is 11.3 Å². The van der Waals surface area contributed by atoms with Crippen molar-refractivity contribution in [2.45, 2.75) is 6.54 Å². The standard InChI is InChI=1S/C15H15ClN2O2/c16-13-7-4-8-14(12(13)9-17)20-10-15(19)18-11-5-2-1-3-6-11/h1-8H,9-10,17H2,(H,18,19). The second kappa shape index (κ2) is 6.93. The van der Waals surface area contributed by atoms with Gasteiger partial charge in [0.1, 0.15) is 5.75 Å². The van der Waals surface area contributed by atoms with Crippen molar-refractivity contribution in [2.75, 3.05) is 11.9 Å². The summed E-state index contributed by atoms with van der Waals surface area (Å²) in [4.78, 5) is 11.8. The zero-order valence-electron chi connectivity index (χ0n) is 10.8. The smallest absolute Gasteiger partial charge is 0.262 e. The first-order valence-corrected chi connectivity index (χ1v) is 6.53. The number of carbonyl (C=O) groups is 1. The normalized spacial score (nSPS) is 10.1. The summed E-state index contributed by atoms with van der Waals surface area (Å²) < 4.78 is 5.47. The van der Waals surface area contributed by atoms with Crippen molar-refractivity contribution in [3.05, 3.63) is 59.1 Å². The Balaban J connectivity index is 1.95. The monoisotopic (exact) mass is 290 g/mol. The third kappa shape index (κ3) is 3.73. The van der Waals surface area contributed by atoms with Gasteiger partial charge in [-0.05, 0) is 24.3 Å². The summed E-state index contributed by atoms with van der Waals surface area (Å²) in [5, 5.41) is 3.27. The fraction of sp³-hybridized carbons (Fsp3) is 0.133. The third-order valence-electron chi connectivity index (χ3n) is 2.70. The van der Waals surface area contributed by atoms with Crippen LogP contribution in [0, 0.1) is 0 Å². The fourth-order valence-corrected chi connectivity index (χ4v) is 1.98. The van der Waals surface area contributed by atoms with E-state index in [1.165, 1.54) is 0 Å². The fourth-order valence-electron chi connectivity index (χ4n) is 1.73. The molecule has 0 radical (unpaired) electrons. The number of benzene rings is 2. The van der Waals surface area contributed by atoms with E-state index in [0.29, 0.717) is 16.3 Å². The molecule has 0 heterocycles. The minimum Gasteiger partial charge on any atom is -0.483 e. The zero-order chi connectivity index (χ0) is 14.4. The van der Waals surface area contributed by atoms with Crippen molar-refractivity contribution in [2.24, 2.45) is 5.73 Å². The van der Waals surface area contributed by atoms with Crippen molar-refractivity contribution in [1.29, 1.82) is 0 Å². The molecular weight excluding hydrogens is 276 g/mol. The Morgan fingerprint density at radius 2 is 1.90 bits per heavy atom. The van der Waals surface area contributed by atoms with E-state index >= 15 is 0 Å². The Bertz CT molecular complexity index is 588. The van der Waals surface area contributed by atoms with Crippen LogP contribution in [0.2, 0.25) is 5.02 Å². The van der Waals surface area contributed by atoms with Gasteiger partial charge in [0.15, 0.2) is 6.61 Å². The maximum atomic E-state index is 11.8. The van der Waals surface area contributed by atoms with Crippen molar-refractivity contribution in [1.82, 2.24) is 0 Å². The van der Waals surface area contributed by atoms with Crippen LogP contribution in [0.5, 0.6) is 5.75 Å². The molecule has 3 N–H and O–H groups in total. The number of carbonyl (C=O) groups excluding carboxylic acids is 1. The molecule has 2 rings (SSSR count). The van der Waals surface area contributed by atoms with Crippen LogP contribution < -0.4 is 15.8 Å². The van der Waals surface area contributed by atoms with E-state index in [4.69, 9.17) is 22.1 Å². The van der Waals surface area contributed by atoms with Crippen molar-refractivity contribution < 1.29 is 9.53 Å². The molecule has 0 fully saturated rings. The van der Waals surface area contributed by atoms with Gasteiger partial charge in [-0.2, -0.15) is 0 Å². The second-order valence-corrected chi connectivity index (χ2v) is 4.53. The second-order valence-electron chi connectivity index (χ2n) is 4.12. The summed E-state index contributed by atoms with van der Waals surface area (Å²) in [6.45, 7) is 0.164. The predicted octanol–water partition coefficient (Wildman–Crippen LogP) is 2.82. The summed E-state index contributed by atoms with van der Waals surface area (Å²) in [5.41, 5.74) is 7.04. The van der Waals surface area contributed by atoms with E-state index in [9.17, 15) is 4.79 Å². The molecule has 0 aliphatic rings. The van der Waals surface area contributed by atoms with Crippen LogP contribution in [0.4, 0.5) is 5.69 Å². The number of amides is 1. The third-order valence-corrected chi connectivity index (χ3v) is 3.05. The Morgan fingerprint density at radius 1 is 1.15 bits per heavy atom. The number of hydrogen-bond donors (Lipinski definition) is 2. The summed E-state index contributed by atoms with van der Waals surface area (Å²) in [5.74, 6) is 0.294. The molecule has 4 nitrogen and oxygen atoms in total. The Kier molecular flexibility index (Phi) is 4.98. The van der Waals surface area contributed by atoms with Crippen LogP contribution in [0.15, 0.2) is 48.5 Å². The van der Waals surface area contributed by atoms with Gasteiger partial charge in [0.2, 0.25) is 0 Å². The molecular formula is C15H15ClN2O2. The molecule has 0 spiro atoms. The maximum Gasteiger partial charge on any atom is 0.262 e. The van der Waals surface area contributed by atoms with Gasteiger partial charge >= 0.3 is 0 Å². The topological polar surface area (TPSA) is 64.3 Å². The number of anilines is 1. The Morgan fingerprint density at radius 3 is 2.60 bits per heavy atom. The Hall–Kier alpha value is -2.04. The number of hydrogen-bond acceptors (Lipinski definition) is 3. The van der Waals surface area contributed by atoms with Crippen molar-refractivity contribution in [3.8, 4) is 5.75 Å². The molecule has 0 atom stereocenters. The van der Waals surface area contributed by atoms with Gasteiger partial charge in [-0.3, -0.25) is 4.79 Å². The molecule has 0 aliphatic carbocycles. The largest absolute Gasteiger partial charge is 0.483 e. The lowest BCUT2D eigenvalue weighted by Crippen LogP contribution is -2.20. The Labute approximate surface area is 122 Å². The van der Waals surface area contributed by atoms with E-state index in [1.807, 2.05) is 30.3 Å². The number of nitrogens with one attached hydrogen (secondary N) is 1. The van der Waals surface area contributed by atoms with Gasteiger partial charge < -0.3 is 15.8 Å². The van der Waals surface area contributed by atoms with Gasteiger partial charge in [0.25, 0.3) is 5.91 Å². The average molecular weight is 291 g/mol. The molecule has 20 heavy (non-hydrogen) atoms. The molecule has 0 aliphatic heterocycles. The summed E-state index contributed by atoms with van der Waals surface area (Å²) in [6, 6.07) is 14.4. The minimum absolute atomic E-state index is 0.0950. The minimum atomic E-state index is -0.237. The molecule has 2 aromatic carbocycles. The predicted molar refractivity (Wildman–Crippen MR) is 79.9 cm³/mol. The van der Waals surface area contributed by atoms with E-state index in [-0.39, 0.29) is 19.1 Å². The van der Waals surface area contributed by atoms with Gasteiger partial charge in [0, 0.05) is 22.8 Å². The van der Waals surface area contributed by atoms with E-state index in [0.717, 1.165) is 5.69 Å². The lowest BCUT2D eigenvalue weighted by atomic mass is 10.2. The molecule has 0 aromatic heterocycles. The molecule has 1 amide bonds. The van der Waals surface area contributed by atoms with Crippen molar-refractivity contribution >= 4 is 23.2 Å². The summed E-state index contributed by atoms with van der Waals surface area (Å²) in [7, 11) is 0. The first-order chi connectivity index (χ1) is 9.70. The highest BCUT2D eigenvalue weighted by Gasteiger charge is 2.09. The van der Waals surface area contributed by atoms with E-state index in [2.05, 4.69) is 5.32 Å². The van der Waals surface area contributed by atoms with Gasteiger partial charge in [-0.1, -0.05) is 35.9 Å². The molecule has 0 bridgehead atoms. The van der Waals surface area contributed by atoms with Crippen LogP contribution in [0.3, 0.4) is 0 Å². The average Bonchev–Trinajstić information content (AvgIpc) is 2.46. The first kappa shape index (κ1) is 14.4. The molecule has 5 heteroatoms. The summed E-state index contributed by atoms with van der Waals surface area (Å²) in [6.07, 6.45) is 0. The molecule has 104 valence electrons. The molecule has 0 saturated carbocycles. The van der Waals surface area contributed by atoms with E-state index in [1.54, 1.807) is 18.2 Å². The first-order valence-electron chi connectivity index (χ1n) is 6.16. The lowest BCUT2D eigenvalue weighted by molar-refractivity contribution is -0.118. The quantitative estimate of drug-likeness (QED) is 0.890. The maximum absolute atomic E-state index is 11.8. The highest BCUT2D eigenvalue weighted by Crippen LogP contribution is 2.25. The molecule has 0 unspecified atom stereocenters.